The third kappa shape index (κ3) is 2.18. The predicted octanol–water partition coefficient (Wildman–Crippen LogP) is 2.95. The normalized spacial score (nSPS) is 13.6. The summed E-state index contributed by atoms with van der Waals surface area (Å²) in [7, 11) is 1.77. The van der Waals surface area contributed by atoms with E-state index in [-0.39, 0.29) is 0 Å². The van der Waals surface area contributed by atoms with Gasteiger partial charge in [-0.3, -0.25) is 0 Å². The van der Waals surface area contributed by atoms with Gasteiger partial charge in [0.05, 0.1) is 12.6 Å². The molecule has 0 spiro atoms. The van der Waals surface area contributed by atoms with Crippen LogP contribution in [-0.2, 0) is 4.74 Å². The number of hydrogen-bond donors (Lipinski definition) is 0. The lowest BCUT2D eigenvalue weighted by Crippen LogP contribution is -2.22. The minimum absolute atomic E-state index is 0.454. The summed E-state index contributed by atoms with van der Waals surface area (Å²) in [4.78, 5) is 0. The Morgan fingerprint density at radius 3 is 2.07 bits per heavy atom. The van der Waals surface area contributed by atoms with Crippen LogP contribution in [0.2, 0.25) is 0 Å². The molecule has 0 amide bonds. The van der Waals surface area contributed by atoms with Crippen LogP contribution >= 0.6 is 0 Å². The van der Waals surface area contributed by atoms with E-state index in [1.807, 2.05) is 0 Å². The number of methoxy groups -OCH3 is 1. The summed E-state index contributed by atoms with van der Waals surface area (Å²) in [6, 6.07) is 4.79. The van der Waals surface area contributed by atoms with Crippen molar-refractivity contribution in [3.05, 3.63) is 23.5 Å². The molecule has 14 heavy (non-hydrogen) atoms. The van der Waals surface area contributed by atoms with Crippen molar-refractivity contribution in [3.63, 3.8) is 0 Å². The highest BCUT2D eigenvalue weighted by Crippen LogP contribution is 2.22. The van der Waals surface area contributed by atoms with E-state index in [1.165, 1.54) is 11.4 Å². The number of aromatic nitrogens is 1. The van der Waals surface area contributed by atoms with Crippen LogP contribution in [0.4, 0.5) is 0 Å². The van der Waals surface area contributed by atoms with E-state index in [9.17, 15) is 0 Å². The van der Waals surface area contributed by atoms with E-state index < -0.39 is 0 Å². The van der Waals surface area contributed by atoms with E-state index in [1.54, 1.807) is 7.11 Å². The third-order valence-electron chi connectivity index (χ3n) is 2.76. The lowest BCUT2D eigenvalue weighted by molar-refractivity contribution is 0.131. The summed E-state index contributed by atoms with van der Waals surface area (Å²) in [6.45, 7) is 9.56. The Hall–Kier alpha value is -0.760. The first-order valence-electron chi connectivity index (χ1n) is 5.21. The Balaban J connectivity index is 2.98. The molecule has 0 aliphatic heterocycles. The molecule has 1 rings (SSSR count). The molecule has 2 nitrogen and oxygen atoms in total. The zero-order valence-electron chi connectivity index (χ0n) is 9.87. The van der Waals surface area contributed by atoms with Crippen LogP contribution in [0.25, 0.3) is 0 Å². The van der Waals surface area contributed by atoms with Crippen LogP contribution in [0.1, 0.15) is 31.3 Å². The maximum absolute atomic E-state index is 5.28. The van der Waals surface area contributed by atoms with E-state index in [0.717, 1.165) is 6.61 Å². The molecule has 1 atom stereocenters. The van der Waals surface area contributed by atoms with Gasteiger partial charge in [-0.1, -0.05) is 13.8 Å². The molecule has 0 fully saturated rings. The number of hydrogen-bond acceptors (Lipinski definition) is 1. The van der Waals surface area contributed by atoms with Gasteiger partial charge in [-0.25, -0.2) is 0 Å². The molecule has 1 aromatic heterocycles. The SMILES string of the molecule is COCC(C(C)C)n1c(C)ccc1C. The van der Waals surface area contributed by atoms with Gasteiger partial charge < -0.3 is 9.30 Å². The van der Waals surface area contributed by atoms with Crippen LogP contribution in [0, 0.1) is 19.8 Å². The van der Waals surface area contributed by atoms with Crippen LogP contribution in [0.5, 0.6) is 0 Å². The molecule has 1 unspecified atom stereocenters. The van der Waals surface area contributed by atoms with Crippen molar-refractivity contribution in [2.24, 2.45) is 5.92 Å². The number of rotatable bonds is 4. The Bertz CT molecular complexity index is 269. The standard InChI is InChI=1S/C12H21NO/c1-9(2)12(8-14-5)13-10(3)6-7-11(13)4/h6-7,9,12H,8H2,1-5H3. The van der Waals surface area contributed by atoms with Crippen molar-refractivity contribution in [3.8, 4) is 0 Å². The first kappa shape index (κ1) is 11.3. The minimum atomic E-state index is 0.454. The Labute approximate surface area is 86.9 Å². The second-order valence-corrected chi connectivity index (χ2v) is 4.25. The summed E-state index contributed by atoms with van der Waals surface area (Å²) in [5.74, 6) is 0.597. The van der Waals surface area contributed by atoms with Gasteiger partial charge in [-0.05, 0) is 31.9 Å². The molecular formula is C12H21NO. The Morgan fingerprint density at radius 2 is 1.71 bits per heavy atom. The molecule has 0 aliphatic rings. The van der Waals surface area contributed by atoms with Gasteiger partial charge in [-0.15, -0.1) is 0 Å². The molecule has 0 saturated carbocycles. The van der Waals surface area contributed by atoms with Crippen LogP contribution in [-0.4, -0.2) is 18.3 Å². The van der Waals surface area contributed by atoms with Gasteiger partial charge in [0.2, 0.25) is 0 Å². The fourth-order valence-corrected chi connectivity index (χ4v) is 1.94. The van der Waals surface area contributed by atoms with Crippen LogP contribution in [0.15, 0.2) is 12.1 Å². The van der Waals surface area contributed by atoms with Crippen LogP contribution < -0.4 is 0 Å². The van der Waals surface area contributed by atoms with Crippen molar-refractivity contribution in [2.45, 2.75) is 33.7 Å². The lowest BCUT2D eigenvalue weighted by atomic mass is 10.0. The van der Waals surface area contributed by atoms with Gasteiger partial charge in [0.15, 0.2) is 0 Å². The van der Waals surface area contributed by atoms with Gasteiger partial charge in [0.1, 0.15) is 0 Å². The summed E-state index contributed by atoms with van der Waals surface area (Å²) in [5, 5.41) is 0. The summed E-state index contributed by atoms with van der Waals surface area (Å²) in [5.41, 5.74) is 2.64. The average Bonchev–Trinajstić information content (AvgIpc) is 2.43. The van der Waals surface area contributed by atoms with Crippen molar-refractivity contribution in [1.29, 1.82) is 0 Å². The summed E-state index contributed by atoms with van der Waals surface area (Å²) < 4.78 is 7.65. The largest absolute Gasteiger partial charge is 0.383 e. The molecule has 80 valence electrons. The van der Waals surface area contributed by atoms with Crippen molar-refractivity contribution < 1.29 is 4.74 Å². The highest BCUT2D eigenvalue weighted by atomic mass is 16.5. The summed E-state index contributed by atoms with van der Waals surface area (Å²) >= 11 is 0. The van der Waals surface area contributed by atoms with Crippen molar-refractivity contribution in [2.75, 3.05) is 13.7 Å². The Kier molecular flexibility index (Phi) is 3.76. The van der Waals surface area contributed by atoms with Gasteiger partial charge in [0.25, 0.3) is 0 Å². The maximum Gasteiger partial charge on any atom is 0.0672 e. The summed E-state index contributed by atoms with van der Waals surface area (Å²) in [6.07, 6.45) is 0. The number of aryl methyl sites for hydroxylation is 2. The number of ether oxygens (including phenoxy) is 1. The predicted molar refractivity (Wildman–Crippen MR) is 59.7 cm³/mol. The smallest absolute Gasteiger partial charge is 0.0672 e. The van der Waals surface area contributed by atoms with Gasteiger partial charge >= 0.3 is 0 Å². The second kappa shape index (κ2) is 4.65. The molecule has 0 radical (unpaired) electrons. The molecule has 0 N–H and O–H groups in total. The molecular weight excluding hydrogens is 174 g/mol. The molecule has 0 aliphatic carbocycles. The molecule has 1 aromatic rings. The zero-order valence-corrected chi connectivity index (χ0v) is 9.87. The maximum atomic E-state index is 5.28. The van der Waals surface area contributed by atoms with E-state index in [4.69, 9.17) is 4.74 Å². The topological polar surface area (TPSA) is 14.2 Å². The lowest BCUT2D eigenvalue weighted by Gasteiger charge is -2.25. The number of nitrogens with zero attached hydrogens (tertiary/aromatic N) is 1. The molecule has 0 saturated heterocycles. The highest BCUT2D eigenvalue weighted by molar-refractivity contribution is 5.15. The van der Waals surface area contributed by atoms with Gasteiger partial charge in [0, 0.05) is 18.5 Å². The van der Waals surface area contributed by atoms with E-state index in [2.05, 4.69) is 44.4 Å². The van der Waals surface area contributed by atoms with Crippen molar-refractivity contribution in [1.82, 2.24) is 4.57 Å². The average molecular weight is 195 g/mol. The van der Waals surface area contributed by atoms with Gasteiger partial charge in [-0.2, -0.15) is 0 Å². The van der Waals surface area contributed by atoms with Crippen LogP contribution in [0.3, 0.4) is 0 Å². The van der Waals surface area contributed by atoms with E-state index in [0.29, 0.717) is 12.0 Å². The third-order valence-corrected chi connectivity index (χ3v) is 2.76. The fraction of sp³-hybridized carbons (Fsp3) is 0.667. The first-order valence-corrected chi connectivity index (χ1v) is 5.21. The molecule has 2 heteroatoms. The Morgan fingerprint density at radius 1 is 1.21 bits per heavy atom. The highest BCUT2D eigenvalue weighted by Gasteiger charge is 2.17. The molecule has 0 bridgehead atoms. The fourth-order valence-electron chi connectivity index (χ4n) is 1.94. The first-order chi connectivity index (χ1) is 6.57. The van der Waals surface area contributed by atoms with Crippen molar-refractivity contribution >= 4 is 0 Å². The minimum Gasteiger partial charge on any atom is -0.383 e. The monoisotopic (exact) mass is 195 g/mol. The second-order valence-electron chi connectivity index (χ2n) is 4.25. The quantitative estimate of drug-likeness (QED) is 0.720. The van der Waals surface area contributed by atoms with E-state index >= 15 is 0 Å². The molecule has 0 aromatic carbocycles. The molecule has 1 heterocycles. The zero-order chi connectivity index (χ0) is 10.7.